The molecule has 0 nitrogen and oxygen atoms in total. The van der Waals surface area contributed by atoms with Gasteiger partial charge in [0.1, 0.15) is 0 Å². The SMILES string of the molecule is C[CH]CC/C1=C/CCCCCC1. The summed E-state index contributed by atoms with van der Waals surface area (Å²) in [6, 6.07) is 0. The van der Waals surface area contributed by atoms with Gasteiger partial charge in [0.25, 0.3) is 0 Å². The Balaban J connectivity index is 2.26. The number of hydrogen-bond donors (Lipinski definition) is 0. The summed E-state index contributed by atoms with van der Waals surface area (Å²) in [5.41, 5.74) is 1.72. The summed E-state index contributed by atoms with van der Waals surface area (Å²) in [7, 11) is 0. The minimum absolute atomic E-state index is 1.27. The van der Waals surface area contributed by atoms with Crippen LogP contribution < -0.4 is 0 Å². The molecule has 0 saturated heterocycles. The molecule has 0 heterocycles. The number of rotatable bonds is 3. The Morgan fingerprint density at radius 2 is 2.08 bits per heavy atom. The molecule has 0 bridgehead atoms. The molecule has 1 aliphatic carbocycles. The molecule has 0 unspecified atom stereocenters. The van der Waals surface area contributed by atoms with Crippen LogP contribution in [0, 0.1) is 6.42 Å². The molecule has 12 heavy (non-hydrogen) atoms. The maximum Gasteiger partial charge on any atom is -0.0318 e. The Morgan fingerprint density at radius 3 is 2.92 bits per heavy atom. The Morgan fingerprint density at radius 1 is 1.25 bits per heavy atom. The summed E-state index contributed by atoms with van der Waals surface area (Å²) < 4.78 is 0. The Hall–Kier alpha value is -0.260. The maximum absolute atomic E-state index is 2.49. The molecule has 0 saturated carbocycles. The van der Waals surface area contributed by atoms with Crippen LogP contribution in [0.3, 0.4) is 0 Å². The first kappa shape index (κ1) is 9.83. The van der Waals surface area contributed by atoms with Gasteiger partial charge in [-0.15, -0.1) is 0 Å². The van der Waals surface area contributed by atoms with Crippen molar-refractivity contribution >= 4 is 0 Å². The highest BCUT2D eigenvalue weighted by molar-refractivity contribution is 5.03. The van der Waals surface area contributed by atoms with Gasteiger partial charge in [0.2, 0.25) is 0 Å². The van der Waals surface area contributed by atoms with Gasteiger partial charge in [0, 0.05) is 0 Å². The molecule has 0 aromatic rings. The van der Waals surface area contributed by atoms with E-state index in [9.17, 15) is 0 Å². The molecule has 0 aromatic carbocycles. The minimum atomic E-state index is 1.27. The largest absolute Gasteiger partial charge is 0.0853 e. The van der Waals surface area contributed by atoms with Crippen molar-refractivity contribution in [2.45, 2.75) is 58.3 Å². The molecule has 0 atom stereocenters. The van der Waals surface area contributed by atoms with Crippen molar-refractivity contribution in [2.75, 3.05) is 0 Å². The lowest BCUT2D eigenvalue weighted by Crippen LogP contribution is -1.90. The van der Waals surface area contributed by atoms with Gasteiger partial charge in [-0.2, -0.15) is 0 Å². The predicted molar refractivity (Wildman–Crippen MR) is 55.0 cm³/mol. The van der Waals surface area contributed by atoms with Crippen LogP contribution in [0.25, 0.3) is 0 Å². The van der Waals surface area contributed by atoms with Crippen LogP contribution in [0.15, 0.2) is 11.6 Å². The molecular formula is C12H21. The topological polar surface area (TPSA) is 0 Å². The highest BCUT2D eigenvalue weighted by atomic mass is 14.1. The lowest BCUT2D eigenvalue weighted by atomic mass is 9.96. The summed E-state index contributed by atoms with van der Waals surface area (Å²) in [5, 5.41) is 0. The van der Waals surface area contributed by atoms with Crippen LogP contribution in [0.2, 0.25) is 0 Å². The van der Waals surface area contributed by atoms with E-state index in [4.69, 9.17) is 0 Å². The van der Waals surface area contributed by atoms with Gasteiger partial charge in [-0.3, -0.25) is 0 Å². The fourth-order valence-electron chi connectivity index (χ4n) is 1.81. The third-order valence-electron chi connectivity index (χ3n) is 2.64. The van der Waals surface area contributed by atoms with Gasteiger partial charge in [0.15, 0.2) is 0 Å². The van der Waals surface area contributed by atoms with E-state index in [0.717, 1.165) is 0 Å². The maximum atomic E-state index is 2.49. The first-order valence-corrected chi connectivity index (χ1v) is 5.39. The highest BCUT2D eigenvalue weighted by Gasteiger charge is 2.00. The van der Waals surface area contributed by atoms with Crippen molar-refractivity contribution in [3.05, 3.63) is 18.1 Å². The summed E-state index contributed by atoms with van der Waals surface area (Å²) in [6.07, 6.45) is 15.8. The van der Waals surface area contributed by atoms with Gasteiger partial charge in [-0.05, 0) is 44.9 Å². The summed E-state index contributed by atoms with van der Waals surface area (Å²) in [4.78, 5) is 0. The Bertz CT molecular complexity index is 133. The first-order valence-electron chi connectivity index (χ1n) is 5.39. The number of unbranched alkanes of at least 4 members (excludes halogenated alkanes) is 1. The summed E-state index contributed by atoms with van der Waals surface area (Å²) in [6.45, 7) is 2.16. The van der Waals surface area contributed by atoms with Gasteiger partial charge < -0.3 is 0 Å². The van der Waals surface area contributed by atoms with Crippen LogP contribution >= 0.6 is 0 Å². The van der Waals surface area contributed by atoms with E-state index in [2.05, 4.69) is 19.4 Å². The van der Waals surface area contributed by atoms with E-state index in [1.54, 1.807) is 5.57 Å². The molecule has 69 valence electrons. The standard InChI is InChI=1S/C12H21/c1-2-3-9-12-10-7-5-4-6-8-11-12/h2,10H,3-9,11H2,1H3/b12-10-. The fourth-order valence-corrected chi connectivity index (χ4v) is 1.81. The van der Waals surface area contributed by atoms with E-state index in [1.807, 2.05) is 0 Å². The van der Waals surface area contributed by atoms with Crippen molar-refractivity contribution in [3.63, 3.8) is 0 Å². The van der Waals surface area contributed by atoms with Crippen LogP contribution in [-0.4, -0.2) is 0 Å². The van der Waals surface area contributed by atoms with Gasteiger partial charge >= 0.3 is 0 Å². The third kappa shape index (κ3) is 3.94. The lowest BCUT2D eigenvalue weighted by molar-refractivity contribution is 0.613. The first-order chi connectivity index (χ1) is 5.93. The van der Waals surface area contributed by atoms with Crippen molar-refractivity contribution in [1.29, 1.82) is 0 Å². The number of hydrogen-bond acceptors (Lipinski definition) is 0. The quantitative estimate of drug-likeness (QED) is 0.548. The third-order valence-corrected chi connectivity index (χ3v) is 2.64. The second-order valence-corrected chi connectivity index (χ2v) is 3.76. The van der Waals surface area contributed by atoms with Gasteiger partial charge in [0.05, 0.1) is 0 Å². The normalized spacial score (nSPS) is 23.9. The average molecular weight is 165 g/mol. The molecule has 0 fully saturated rings. The molecule has 0 amide bonds. The molecular weight excluding hydrogens is 144 g/mol. The van der Waals surface area contributed by atoms with E-state index >= 15 is 0 Å². The van der Waals surface area contributed by atoms with Crippen LogP contribution in [0.1, 0.15) is 58.3 Å². The monoisotopic (exact) mass is 165 g/mol. The number of allylic oxidation sites excluding steroid dienone is 2. The van der Waals surface area contributed by atoms with Crippen molar-refractivity contribution < 1.29 is 0 Å². The minimum Gasteiger partial charge on any atom is -0.0853 e. The Labute approximate surface area is 77.1 Å². The van der Waals surface area contributed by atoms with Crippen LogP contribution in [0.4, 0.5) is 0 Å². The molecule has 1 rings (SSSR count). The van der Waals surface area contributed by atoms with Crippen molar-refractivity contribution in [2.24, 2.45) is 0 Å². The Kier molecular flexibility index (Phi) is 5.14. The second kappa shape index (κ2) is 6.28. The smallest absolute Gasteiger partial charge is 0.0318 e. The zero-order valence-electron chi connectivity index (χ0n) is 8.31. The van der Waals surface area contributed by atoms with Crippen LogP contribution in [-0.2, 0) is 0 Å². The molecule has 0 aliphatic heterocycles. The molecule has 0 spiro atoms. The second-order valence-electron chi connectivity index (χ2n) is 3.76. The van der Waals surface area contributed by atoms with Gasteiger partial charge in [-0.25, -0.2) is 0 Å². The predicted octanol–water partition coefficient (Wildman–Crippen LogP) is 4.27. The van der Waals surface area contributed by atoms with E-state index < -0.39 is 0 Å². The lowest BCUT2D eigenvalue weighted by Gasteiger charge is -2.10. The van der Waals surface area contributed by atoms with E-state index in [1.165, 1.54) is 51.4 Å². The summed E-state index contributed by atoms with van der Waals surface area (Å²) >= 11 is 0. The molecule has 1 aliphatic rings. The average Bonchev–Trinajstić information content (AvgIpc) is 2.02. The fraction of sp³-hybridized carbons (Fsp3) is 0.750. The molecule has 0 N–H and O–H groups in total. The molecule has 0 heteroatoms. The highest BCUT2D eigenvalue weighted by Crippen LogP contribution is 2.20. The van der Waals surface area contributed by atoms with E-state index in [-0.39, 0.29) is 0 Å². The van der Waals surface area contributed by atoms with Gasteiger partial charge in [-0.1, -0.05) is 31.4 Å². The van der Waals surface area contributed by atoms with Crippen molar-refractivity contribution in [1.82, 2.24) is 0 Å². The molecule has 1 radical (unpaired) electrons. The van der Waals surface area contributed by atoms with Crippen LogP contribution in [0.5, 0.6) is 0 Å². The van der Waals surface area contributed by atoms with E-state index in [0.29, 0.717) is 0 Å². The van der Waals surface area contributed by atoms with Crippen molar-refractivity contribution in [3.8, 4) is 0 Å². The zero-order valence-corrected chi connectivity index (χ0v) is 8.31. The molecule has 0 aromatic heterocycles. The zero-order chi connectivity index (χ0) is 8.65. The summed E-state index contributed by atoms with van der Waals surface area (Å²) in [5.74, 6) is 0.